The lowest BCUT2D eigenvalue weighted by Crippen LogP contribution is -2.50. The van der Waals surface area contributed by atoms with Gasteiger partial charge in [-0.1, -0.05) is 42.5 Å². The van der Waals surface area contributed by atoms with E-state index < -0.39 is 17.6 Å². The van der Waals surface area contributed by atoms with Crippen molar-refractivity contribution in [1.29, 1.82) is 5.41 Å². The molecule has 0 spiro atoms. The normalized spacial score (nSPS) is 19.2. The van der Waals surface area contributed by atoms with Gasteiger partial charge in [0, 0.05) is 37.2 Å². The van der Waals surface area contributed by atoms with Gasteiger partial charge >= 0.3 is 5.97 Å². The Morgan fingerprint density at radius 3 is 2.14 bits per heavy atom. The van der Waals surface area contributed by atoms with Gasteiger partial charge in [-0.2, -0.15) is 0 Å². The van der Waals surface area contributed by atoms with E-state index in [0.29, 0.717) is 56.6 Å². The molecule has 2 saturated heterocycles. The number of nitrogens with two attached hydrogens (primary N) is 1. The molecule has 10 nitrogen and oxygen atoms in total. The first-order valence-corrected chi connectivity index (χ1v) is 14.0. The summed E-state index contributed by atoms with van der Waals surface area (Å²) >= 11 is 0. The highest BCUT2D eigenvalue weighted by Crippen LogP contribution is 2.27. The van der Waals surface area contributed by atoms with Gasteiger partial charge in [0.05, 0.1) is 18.8 Å². The van der Waals surface area contributed by atoms with E-state index in [-0.39, 0.29) is 60.4 Å². The highest BCUT2D eigenvalue weighted by atomic mass is 127. The first kappa shape index (κ1) is 33.5. The molecule has 3 N–H and O–H groups in total. The lowest BCUT2D eigenvalue weighted by molar-refractivity contribution is -0.163. The van der Waals surface area contributed by atoms with E-state index in [1.807, 2.05) is 51.1 Å². The summed E-state index contributed by atoms with van der Waals surface area (Å²) in [6.45, 7) is 6.94. The van der Waals surface area contributed by atoms with E-state index in [4.69, 9.17) is 25.4 Å². The Morgan fingerprint density at radius 2 is 1.55 bits per heavy atom. The summed E-state index contributed by atoms with van der Waals surface area (Å²) in [5.74, 6) is -0.866. The van der Waals surface area contributed by atoms with Crippen molar-refractivity contribution >= 4 is 47.6 Å². The predicted octanol–water partition coefficient (Wildman–Crippen LogP) is 3.74. The highest BCUT2D eigenvalue weighted by Gasteiger charge is 2.42. The Morgan fingerprint density at radius 1 is 0.929 bits per heavy atom. The Labute approximate surface area is 264 Å². The maximum absolute atomic E-state index is 13.8. The molecule has 2 fully saturated rings. The van der Waals surface area contributed by atoms with Gasteiger partial charge in [0.15, 0.2) is 0 Å². The van der Waals surface area contributed by atoms with Crippen molar-refractivity contribution in [2.75, 3.05) is 26.2 Å². The maximum atomic E-state index is 13.8. The molecule has 4 rings (SSSR count). The van der Waals surface area contributed by atoms with Crippen molar-refractivity contribution in [2.45, 2.75) is 70.5 Å². The number of piperidine rings is 1. The van der Waals surface area contributed by atoms with Crippen LogP contribution < -0.4 is 5.73 Å². The Balaban J connectivity index is 0.00000484. The number of hydrogen-bond donors (Lipinski definition) is 2. The van der Waals surface area contributed by atoms with Crippen molar-refractivity contribution in [3.63, 3.8) is 0 Å². The van der Waals surface area contributed by atoms with Crippen LogP contribution in [0.1, 0.15) is 61.5 Å². The first-order chi connectivity index (χ1) is 19.5. The number of rotatable bonds is 9. The van der Waals surface area contributed by atoms with Gasteiger partial charge in [0.25, 0.3) is 5.91 Å². The van der Waals surface area contributed by atoms with Gasteiger partial charge in [-0.25, -0.2) is 4.79 Å². The Hall–Kier alpha value is -3.03. The fourth-order valence-corrected chi connectivity index (χ4v) is 5.13. The molecule has 0 aliphatic carbocycles. The van der Waals surface area contributed by atoms with Crippen LogP contribution in [0.25, 0.3) is 0 Å². The first-order valence-electron chi connectivity index (χ1n) is 14.0. The van der Waals surface area contributed by atoms with Gasteiger partial charge < -0.3 is 29.7 Å². The van der Waals surface area contributed by atoms with Gasteiger partial charge in [0.2, 0.25) is 5.91 Å². The molecule has 0 unspecified atom stereocenters. The highest BCUT2D eigenvalue weighted by molar-refractivity contribution is 14.0. The molecule has 2 heterocycles. The molecule has 228 valence electrons. The molecule has 0 aromatic heterocycles. The molecule has 0 bridgehead atoms. The summed E-state index contributed by atoms with van der Waals surface area (Å²) in [5, 5.41) is 7.61. The second-order valence-electron chi connectivity index (χ2n) is 11.5. The number of carbonyl (C=O) groups is 3. The van der Waals surface area contributed by atoms with E-state index in [2.05, 4.69) is 0 Å². The standard InChI is InChI=1S/C31H40N4O6.HI/c1-31(2,3)41-27(36)20-40-24-13-15-34(16-14-24)30(38)26-17-25(39-19-21-7-5-4-6-8-21)18-35(26)29(37)23-11-9-22(10-12-23)28(32)33;/h4-12,24-26H,13-20H2,1-3H3,(H3,32,33);1H/t25-,26+;/m1./s1. The molecule has 11 heteroatoms. The van der Waals surface area contributed by atoms with Crippen LogP contribution in [0, 0.1) is 5.41 Å². The molecule has 2 aromatic carbocycles. The minimum Gasteiger partial charge on any atom is -0.458 e. The minimum absolute atomic E-state index is 0. The predicted molar refractivity (Wildman–Crippen MR) is 169 cm³/mol. The lowest BCUT2D eigenvalue weighted by atomic mass is 10.0. The third-order valence-corrected chi connectivity index (χ3v) is 7.19. The van der Waals surface area contributed by atoms with Crippen molar-refractivity contribution in [1.82, 2.24) is 9.80 Å². The van der Waals surface area contributed by atoms with Gasteiger partial charge in [0.1, 0.15) is 24.1 Å². The molecule has 0 saturated carbocycles. The van der Waals surface area contributed by atoms with Crippen LogP contribution in [0.4, 0.5) is 0 Å². The van der Waals surface area contributed by atoms with Gasteiger partial charge in [-0.3, -0.25) is 15.0 Å². The fraction of sp³-hybridized carbons (Fsp3) is 0.484. The molecule has 2 aliphatic rings. The van der Waals surface area contributed by atoms with Gasteiger partial charge in [-0.15, -0.1) is 24.0 Å². The van der Waals surface area contributed by atoms with Crippen LogP contribution in [-0.4, -0.2) is 83.5 Å². The number of hydrogen-bond acceptors (Lipinski definition) is 7. The summed E-state index contributed by atoms with van der Waals surface area (Å²) in [6, 6.07) is 15.7. The van der Waals surface area contributed by atoms with Crippen LogP contribution in [0.3, 0.4) is 0 Å². The number of halogens is 1. The van der Waals surface area contributed by atoms with Crippen LogP contribution in [-0.2, 0) is 30.4 Å². The van der Waals surface area contributed by atoms with E-state index in [1.165, 1.54) is 0 Å². The minimum atomic E-state index is -0.657. The molecule has 0 radical (unpaired) electrons. The average molecular weight is 693 g/mol. The van der Waals surface area contributed by atoms with Crippen LogP contribution in [0.2, 0.25) is 0 Å². The number of esters is 1. The number of benzene rings is 2. The largest absolute Gasteiger partial charge is 0.458 e. The van der Waals surface area contributed by atoms with Gasteiger partial charge in [-0.05, 0) is 51.3 Å². The zero-order chi connectivity index (χ0) is 29.6. The zero-order valence-electron chi connectivity index (χ0n) is 24.4. The second-order valence-corrected chi connectivity index (χ2v) is 11.5. The number of nitrogen functional groups attached to an aromatic ring is 1. The monoisotopic (exact) mass is 692 g/mol. The molecule has 2 atom stereocenters. The Kier molecular flexibility index (Phi) is 11.9. The van der Waals surface area contributed by atoms with Crippen LogP contribution in [0.15, 0.2) is 54.6 Å². The second kappa shape index (κ2) is 14.9. The number of ether oxygens (including phenoxy) is 3. The molecular weight excluding hydrogens is 651 g/mol. The van der Waals surface area contributed by atoms with Crippen LogP contribution in [0.5, 0.6) is 0 Å². The Bertz CT molecular complexity index is 1230. The number of likely N-dealkylation sites (tertiary alicyclic amines) is 2. The molecule has 2 amide bonds. The molecule has 42 heavy (non-hydrogen) atoms. The smallest absolute Gasteiger partial charge is 0.332 e. The maximum Gasteiger partial charge on any atom is 0.332 e. The van der Waals surface area contributed by atoms with Crippen molar-refractivity contribution < 1.29 is 28.6 Å². The molecular formula is C31H41IN4O6. The van der Waals surface area contributed by atoms with E-state index in [1.54, 1.807) is 34.1 Å². The summed E-state index contributed by atoms with van der Waals surface area (Å²) in [5.41, 5.74) is 6.96. The average Bonchev–Trinajstić information content (AvgIpc) is 3.38. The van der Waals surface area contributed by atoms with E-state index in [9.17, 15) is 14.4 Å². The summed E-state index contributed by atoms with van der Waals surface area (Å²) in [4.78, 5) is 42.7. The summed E-state index contributed by atoms with van der Waals surface area (Å²) < 4.78 is 17.2. The number of amides is 2. The van der Waals surface area contributed by atoms with E-state index >= 15 is 0 Å². The zero-order valence-corrected chi connectivity index (χ0v) is 26.7. The SMILES string of the molecule is CC(C)(C)OC(=O)COC1CCN(C(=O)[C@@H]2C[C@@H](OCc3ccccc3)CN2C(=O)c2ccc(C(=N)N)cc2)CC1.I. The van der Waals surface area contributed by atoms with E-state index in [0.717, 1.165) is 5.56 Å². The van der Waals surface area contributed by atoms with Crippen LogP contribution >= 0.6 is 24.0 Å². The van der Waals surface area contributed by atoms with Crippen molar-refractivity contribution in [2.24, 2.45) is 5.73 Å². The lowest BCUT2D eigenvalue weighted by Gasteiger charge is -2.35. The summed E-state index contributed by atoms with van der Waals surface area (Å²) in [6.07, 6.45) is 1.15. The number of amidine groups is 1. The molecule has 2 aromatic rings. The summed E-state index contributed by atoms with van der Waals surface area (Å²) in [7, 11) is 0. The number of nitrogens with one attached hydrogen (secondary N) is 1. The third kappa shape index (κ3) is 9.23. The number of nitrogens with zero attached hydrogens (tertiary/aromatic N) is 2. The quantitative estimate of drug-likeness (QED) is 0.177. The molecule has 2 aliphatic heterocycles. The fourth-order valence-electron chi connectivity index (χ4n) is 5.13. The number of carbonyl (C=O) groups excluding carboxylic acids is 3. The third-order valence-electron chi connectivity index (χ3n) is 7.19. The van der Waals surface area contributed by atoms with Crippen molar-refractivity contribution in [3.8, 4) is 0 Å². The topological polar surface area (TPSA) is 135 Å². The van der Waals surface area contributed by atoms with Crippen molar-refractivity contribution in [3.05, 3.63) is 71.3 Å².